The summed E-state index contributed by atoms with van der Waals surface area (Å²) in [5.41, 5.74) is 1.05. The largest absolute Gasteiger partial charge is 0.494 e. The lowest BCUT2D eigenvalue weighted by atomic mass is 10.1. The second-order valence-corrected chi connectivity index (χ2v) is 9.01. The Kier molecular flexibility index (Phi) is 9.69. The Hall–Kier alpha value is -4.17. The molecule has 0 aliphatic carbocycles. The third-order valence-electron chi connectivity index (χ3n) is 6.44. The molecule has 0 saturated carbocycles. The van der Waals surface area contributed by atoms with Crippen LogP contribution in [-0.4, -0.2) is 53.8 Å². The molecule has 1 atom stereocenters. The molecule has 1 amide bonds. The van der Waals surface area contributed by atoms with Gasteiger partial charge in [0.2, 0.25) is 0 Å². The van der Waals surface area contributed by atoms with Gasteiger partial charge in [-0.3, -0.25) is 14.2 Å². The van der Waals surface area contributed by atoms with E-state index in [-0.39, 0.29) is 18.1 Å². The number of ether oxygens (including phenoxy) is 3. The first kappa shape index (κ1) is 27.9. The third kappa shape index (κ3) is 6.64. The number of aromatic nitrogens is 2. The smallest absolute Gasteiger partial charge is 0.266 e. The SMILES string of the molecule is CCOc1ccc(-n2c(C(CC)N(CCCOC)C(=O)COc3ccccc3)nc3ccccc3c2=O)cc1. The van der Waals surface area contributed by atoms with Crippen LogP contribution in [0.25, 0.3) is 16.6 Å². The summed E-state index contributed by atoms with van der Waals surface area (Å²) < 4.78 is 18.3. The second-order valence-electron chi connectivity index (χ2n) is 9.01. The molecule has 8 nitrogen and oxygen atoms in total. The zero-order valence-corrected chi connectivity index (χ0v) is 22.7. The number of amides is 1. The van der Waals surface area contributed by atoms with Crippen LogP contribution in [0.3, 0.4) is 0 Å². The van der Waals surface area contributed by atoms with E-state index in [1.54, 1.807) is 22.6 Å². The average molecular weight is 530 g/mol. The molecule has 0 bridgehead atoms. The van der Waals surface area contributed by atoms with Crippen molar-refractivity contribution < 1.29 is 19.0 Å². The van der Waals surface area contributed by atoms with Crippen molar-refractivity contribution in [2.24, 2.45) is 0 Å². The van der Waals surface area contributed by atoms with Crippen molar-refractivity contribution >= 4 is 16.8 Å². The predicted molar refractivity (Wildman–Crippen MR) is 152 cm³/mol. The van der Waals surface area contributed by atoms with Crippen molar-refractivity contribution in [3.05, 3.63) is 95.0 Å². The highest BCUT2D eigenvalue weighted by atomic mass is 16.5. The predicted octanol–water partition coefficient (Wildman–Crippen LogP) is 5.18. The molecule has 0 fully saturated rings. The molecule has 0 aliphatic heterocycles. The molecular formula is C31H35N3O5. The number of benzene rings is 3. The van der Waals surface area contributed by atoms with Crippen LogP contribution in [0.4, 0.5) is 0 Å². The summed E-state index contributed by atoms with van der Waals surface area (Å²) in [6.45, 7) is 5.25. The highest BCUT2D eigenvalue weighted by Gasteiger charge is 2.29. The lowest BCUT2D eigenvalue weighted by Gasteiger charge is -2.32. The van der Waals surface area contributed by atoms with E-state index in [1.807, 2.05) is 86.6 Å². The number of para-hydroxylation sites is 2. The van der Waals surface area contributed by atoms with Crippen LogP contribution in [0.2, 0.25) is 0 Å². The second kappa shape index (κ2) is 13.6. The number of hydrogen-bond donors (Lipinski definition) is 0. The first-order valence-corrected chi connectivity index (χ1v) is 13.3. The standard InChI is InChI=1S/C31H35N3O5/c1-4-28(33(20-11-21-37-3)29(35)22-39-24-12-7-6-8-13-24)30-32-27-15-10-9-14-26(27)31(36)34(30)23-16-18-25(19-17-23)38-5-2/h6-10,12-19,28H,4-5,11,20-22H2,1-3H3. The molecule has 0 spiro atoms. The van der Waals surface area contributed by atoms with Gasteiger partial charge < -0.3 is 19.1 Å². The van der Waals surface area contributed by atoms with Crippen LogP contribution in [-0.2, 0) is 9.53 Å². The van der Waals surface area contributed by atoms with Crippen molar-refractivity contribution in [3.8, 4) is 17.2 Å². The third-order valence-corrected chi connectivity index (χ3v) is 6.44. The Bertz CT molecular complexity index is 1420. The van der Waals surface area contributed by atoms with Gasteiger partial charge in [-0.25, -0.2) is 4.98 Å². The average Bonchev–Trinajstić information content (AvgIpc) is 2.97. The van der Waals surface area contributed by atoms with Gasteiger partial charge in [0.15, 0.2) is 6.61 Å². The fourth-order valence-corrected chi connectivity index (χ4v) is 4.60. The molecule has 3 aromatic carbocycles. The first-order chi connectivity index (χ1) is 19.1. The van der Waals surface area contributed by atoms with Crippen molar-refractivity contribution in [2.45, 2.75) is 32.7 Å². The van der Waals surface area contributed by atoms with Gasteiger partial charge >= 0.3 is 0 Å². The van der Waals surface area contributed by atoms with Gasteiger partial charge in [-0.2, -0.15) is 0 Å². The van der Waals surface area contributed by atoms with Gasteiger partial charge in [-0.05, 0) is 68.3 Å². The Morgan fingerprint density at radius 1 is 0.923 bits per heavy atom. The zero-order chi connectivity index (χ0) is 27.6. The normalized spacial score (nSPS) is 11.8. The number of fused-ring (bicyclic) bond motifs is 1. The number of methoxy groups -OCH3 is 1. The topological polar surface area (TPSA) is 82.9 Å². The lowest BCUT2D eigenvalue weighted by Crippen LogP contribution is -2.41. The molecule has 1 aromatic heterocycles. The summed E-state index contributed by atoms with van der Waals surface area (Å²) in [7, 11) is 1.64. The number of nitrogens with zero attached hydrogens (tertiary/aromatic N) is 3. The van der Waals surface area contributed by atoms with Gasteiger partial charge in [-0.1, -0.05) is 37.3 Å². The summed E-state index contributed by atoms with van der Waals surface area (Å²) >= 11 is 0. The number of hydrogen-bond acceptors (Lipinski definition) is 6. The molecule has 204 valence electrons. The van der Waals surface area contributed by atoms with Crippen LogP contribution in [0.1, 0.15) is 38.6 Å². The number of carbonyl (C=O) groups excluding carboxylic acids is 1. The van der Waals surface area contributed by atoms with E-state index in [2.05, 4.69) is 0 Å². The molecule has 4 aromatic rings. The molecule has 1 heterocycles. The van der Waals surface area contributed by atoms with Gasteiger partial charge in [-0.15, -0.1) is 0 Å². The number of rotatable bonds is 13. The summed E-state index contributed by atoms with van der Waals surface area (Å²) in [4.78, 5) is 34.2. The molecule has 8 heteroatoms. The van der Waals surface area contributed by atoms with Crippen molar-refractivity contribution in [3.63, 3.8) is 0 Å². The van der Waals surface area contributed by atoms with E-state index in [1.165, 1.54) is 0 Å². The maximum Gasteiger partial charge on any atom is 0.266 e. The first-order valence-electron chi connectivity index (χ1n) is 13.3. The molecule has 0 radical (unpaired) electrons. The van der Waals surface area contributed by atoms with Gasteiger partial charge in [0.05, 0.1) is 29.2 Å². The lowest BCUT2D eigenvalue weighted by molar-refractivity contribution is -0.136. The summed E-state index contributed by atoms with van der Waals surface area (Å²) in [6.07, 6.45) is 1.18. The number of carbonyl (C=O) groups is 1. The van der Waals surface area contributed by atoms with Crippen LogP contribution < -0.4 is 15.0 Å². The van der Waals surface area contributed by atoms with Crippen molar-refractivity contribution in [1.82, 2.24) is 14.5 Å². The minimum absolute atomic E-state index is 0.131. The Labute approximate surface area is 228 Å². The van der Waals surface area contributed by atoms with Crippen LogP contribution in [0.15, 0.2) is 83.7 Å². The molecule has 0 N–H and O–H groups in total. The van der Waals surface area contributed by atoms with Gasteiger partial charge in [0, 0.05) is 20.3 Å². The molecule has 0 aliphatic rings. The minimum Gasteiger partial charge on any atom is -0.494 e. The highest BCUT2D eigenvalue weighted by Crippen LogP contribution is 2.27. The Balaban J connectivity index is 1.79. The summed E-state index contributed by atoms with van der Waals surface area (Å²) in [5.74, 6) is 1.63. The van der Waals surface area contributed by atoms with Crippen LogP contribution in [0.5, 0.6) is 11.5 Å². The van der Waals surface area contributed by atoms with E-state index in [4.69, 9.17) is 19.2 Å². The fourth-order valence-electron chi connectivity index (χ4n) is 4.60. The fraction of sp³-hybridized carbons (Fsp3) is 0.323. The zero-order valence-electron chi connectivity index (χ0n) is 22.7. The van der Waals surface area contributed by atoms with E-state index >= 15 is 0 Å². The van der Waals surface area contributed by atoms with Gasteiger partial charge in [0.1, 0.15) is 17.3 Å². The van der Waals surface area contributed by atoms with E-state index in [9.17, 15) is 9.59 Å². The van der Waals surface area contributed by atoms with Gasteiger partial charge in [0.25, 0.3) is 11.5 Å². The maximum atomic E-state index is 13.9. The Morgan fingerprint density at radius 3 is 2.31 bits per heavy atom. The van der Waals surface area contributed by atoms with Crippen molar-refractivity contribution in [1.29, 1.82) is 0 Å². The van der Waals surface area contributed by atoms with Crippen molar-refractivity contribution in [2.75, 3.05) is 33.5 Å². The Morgan fingerprint density at radius 2 is 1.62 bits per heavy atom. The molecule has 1 unspecified atom stereocenters. The minimum atomic E-state index is -0.474. The van der Waals surface area contributed by atoms with E-state index < -0.39 is 6.04 Å². The molecular weight excluding hydrogens is 494 g/mol. The van der Waals surface area contributed by atoms with Crippen LogP contribution in [0, 0.1) is 0 Å². The van der Waals surface area contributed by atoms with Crippen LogP contribution >= 0.6 is 0 Å². The molecule has 39 heavy (non-hydrogen) atoms. The summed E-state index contributed by atoms with van der Waals surface area (Å²) in [6, 6.07) is 23.4. The highest BCUT2D eigenvalue weighted by molar-refractivity contribution is 5.79. The quantitative estimate of drug-likeness (QED) is 0.222. The van der Waals surface area contributed by atoms with E-state index in [0.29, 0.717) is 66.5 Å². The molecule has 0 saturated heterocycles. The monoisotopic (exact) mass is 529 g/mol. The summed E-state index contributed by atoms with van der Waals surface area (Å²) in [5, 5.41) is 0.509. The molecule has 4 rings (SSSR count). The maximum absolute atomic E-state index is 13.9. The van der Waals surface area contributed by atoms with E-state index in [0.717, 1.165) is 0 Å².